The van der Waals surface area contributed by atoms with Gasteiger partial charge in [-0.1, -0.05) is 0 Å². The molecule has 1 aliphatic carbocycles. The van der Waals surface area contributed by atoms with Crippen molar-refractivity contribution in [3.8, 4) is 5.75 Å². The first-order valence-electron chi connectivity index (χ1n) is 4.63. The molecule has 0 atom stereocenters. The zero-order valence-corrected chi connectivity index (χ0v) is 7.30. The molecule has 0 radical (unpaired) electrons. The van der Waals surface area contributed by atoms with Crippen molar-refractivity contribution in [1.29, 1.82) is 0 Å². The van der Waals surface area contributed by atoms with Crippen LogP contribution in [-0.4, -0.2) is 17.2 Å². The predicted octanol–water partition coefficient (Wildman–Crippen LogP) is 1.76. The molecule has 1 fully saturated rings. The van der Waals surface area contributed by atoms with Crippen molar-refractivity contribution < 1.29 is 5.11 Å². The molecule has 1 aromatic rings. The van der Waals surface area contributed by atoms with Crippen molar-refractivity contribution in [2.75, 3.05) is 17.2 Å². The van der Waals surface area contributed by atoms with Gasteiger partial charge in [0, 0.05) is 12.6 Å². The lowest BCUT2D eigenvalue weighted by Crippen LogP contribution is -2.34. The Morgan fingerprint density at radius 2 is 2.08 bits per heavy atom. The highest BCUT2D eigenvalue weighted by Gasteiger charge is 2.44. The molecule has 1 spiro atoms. The summed E-state index contributed by atoms with van der Waals surface area (Å²) in [6, 6.07) is 5.40. The van der Waals surface area contributed by atoms with Gasteiger partial charge in [-0.15, -0.1) is 0 Å². The second-order valence-electron chi connectivity index (χ2n) is 3.99. The molecule has 0 unspecified atom stereocenters. The summed E-state index contributed by atoms with van der Waals surface area (Å²) in [5.41, 5.74) is 2.42. The smallest absolute Gasteiger partial charge is 0.117 e. The maximum absolute atomic E-state index is 9.31. The van der Waals surface area contributed by atoms with E-state index in [9.17, 15) is 5.11 Å². The summed E-state index contributed by atoms with van der Waals surface area (Å²) >= 11 is 0. The van der Waals surface area contributed by atoms with Crippen LogP contribution >= 0.6 is 0 Å². The minimum atomic E-state index is 0.292. The van der Waals surface area contributed by atoms with Gasteiger partial charge >= 0.3 is 0 Å². The normalized spacial score (nSPS) is 21.5. The van der Waals surface area contributed by atoms with Crippen LogP contribution in [0.4, 0.5) is 11.4 Å². The first kappa shape index (κ1) is 7.06. The Kier molecular flexibility index (Phi) is 1.14. The summed E-state index contributed by atoms with van der Waals surface area (Å²) in [4.78, 5) is 0. The van der Waals surface area contributed by atoms with Crippen LogP contribution < -0.4 is 10.6 Å². The number of anilines is 2. The number of phenolic OH excluding ortho intramolecular Hbond substituents is 1. The Balaban J connectivity index is 2.02. The van der Waals surface area contributed by atoms with Crippen molar-refractivity contribution in [2.45, 2.75) is 18.4 Å². The molecule has 3 nitrogen and oxygen atoms in total. The van der Waals surface area contributed by atoms with E-state index >= 15 is 0 Å². The van der Waals surface area contributed by atoms with Crippen LogP contribution in [0.1, 0.15) is 12.8 Å². The van der Waals surface area contributed by atoms with E-state index < -0.39 is 0 Å². The van der Waals surface area contributed by atoms with Gasteiger partial charge < -0.3 is 15.7 Å². The zero-order chi connectivity index (χ0) is 8.89. The SMILES string of the molecule is Oc1ccc2c(c1)NC1(CC1)CN2. The third-order valence-electron chi connectivity index (χ3n) is 2.87. The summed E-state index contributed by atoms with van der Waals surface area (Å²) in [6.45, 7) is 1.00. The molecule has 2 aliphatic rings. The standard InChI is InChI=1S/C10H12N2O/c13-7-1-2-8-9(5-7)12-10(3-4-10)6-11-8/h1-2,5,11-13H,3-4,6H2. The van der Waals surface area contributed by atoms with Gasteiger partial charge in [0.05, 0.1) is 16.9 Å². The number of hydrogen-bond acceptors (Lipinski definition) is 3. The second-order valence-corrected chi connectivity index (χ2v) is 3.99. The highest BCUT2D eigenvalue weighted by atomic mass is 16.3. The zero-order valence-electron chi connectivity index (χ0n) is 7.30. The molecule has 3 rings (SSSR count). The van der Waals surface area contributed by atoms with E-state index in [0.717, 1.165) is 17.9 Å². The fourth-order valence-corrected chi connectivity index (χ4v) is 1.84. The van der Waals surface area contributed by atoms with E-state index in [2.05, 4.69) is 10.6 Å². The lowest BCUT2D eigenvalue weighted by atomic mass is 10.1. The molecular weight excluding hydrogens is 164 g/mol. The van der Waals surface area contributed by atoms with E-state index in [-0.39, 0.29) is 0 Å². The minimum absolute atomic E-state index is 0.292. The number of aromatic hydroxyl groups is 1. The predicted molar refractivity (Wildman–Crippen MR) is 52.2 cm³/mol. The van der Waals surface area contributed by atoms with E-state index in [0.29, 0.717) is 11.3 Å². The summed E-state index contributed by atoms with van der Waals surface area (Å²) in [7, 11) is 0. The second kappa shape index (κ2) is 2.10. The molecule has 0 saturated heterocycles. The van der Waals surface area contributed by atoms with Crippen LogP contribution in [-0.2, 0) is 0 Å². The minimum Gasteiger partial charge on any atom is -0.508 e. The van der Waals surface area contributed by atoms with E-state index in [1.807, 2.05) is 6.07 Å². The Morgan fingerprint density at radius 1 is 1.23 bits per heavy atom. The maximum atomic E-state index is 9.31. The van der Waals surface area contributed by atoms with Crippen LogP contribution in [0.5, 0.6) is 5.75 Å². The van der Waals surface area contributed by atoms with Crippen molar-refractivity contribution in [1.82, 2.24) is 0 Å². The number of benzene rings is 1. The van der Waals surface area contributed by atoms with Crippen molar-refractivity contribution in [3.63, 3.8) is 0 Å². The first-order valence-corrected chi connectivity index (χ1v) is 4.63. The summed E-state index contributed by atoms with van der Waals surface area (Å²) in [5.74, 6) is 0.325. The van der Waals surface area contributed by atoms with Gasteiger partial charge in [0.1, 0.15) is 5.75 Å². The molecule has 68 valence electrons. The topological polar surface area (TPSA) is 44.3 Å². The van der Waals surface area contributed by atoms with Crippen molar-refractivity contribution >= 4 is 11.4 Å². The lowest BCUT2D eigenvalue weighted by Gasteiger charge is -2.28. The molecule has 0 amide bonds. The molecular formula is C10H12N2O. The fraction of sp³-hybridized carbons (Fsp3) is 0.400. The Morgan fingerprint density at radius 3 is 2.85 bits per heavy atom. The highest BCUT2D eigenvalue weighted by Crippen LogP contribution is 2.44. The molecule has 0 bridgehead atoms. The van der Waals surface area contributed by atoms with Crippen LogP contribution in [0.15, 0.2) is 18.2 Å². The Labute approximate surface area is 76.8 Å². The molecule has 1 aliphatic heterocycles. The van der Waals surface area contributed by atoms with Gasteiger partial charge in [-0.05, 0) is 25.0 Å². The van der Waals surface area contributed by atoms with Crippen LogP contribution in [0.2, 0.25) is 0 Å². The number of fused-ring (bicyclic) bond motifs is 1. The highest BCUT2D eigenvalue weighted by molar-refractivity contribution is 5.74. The van der Waals surface area contributed by atoms with Crippen molar-refractivity contribution in [2.24, 2.45) is 0 Å². The van der Waals surface area contributed by atoms with Crippen LogP contribution in [0.25, 0.3) is 0 Å². The maximum Gasteiger partial charge on any atom is 0.117 e. The number of nitrogens with one attached hydrogen (secondary N) is 2. The average Bonchev–Trinajstić information content (AvgIpc) is 2.84. The third kappa shape index (κ3) is 1.03. The first-order chi connectivity index (χ1) is 6.27. The van der Waals surface area contributed by atoms with E-state index in [4.69, 9.17) is 0 Å². The Bertz CT molecular complexity index is 358. The molecule has 3 N–H and O–H groups in total. The lowest BCUT2D eigenvalue weighted by molar-refractivity contribution is 0.475. The number of rotatable bonds is 0. The molecule has 1 aromatic carbocycles. The van der Waals surface area contributed by atoms with Gasteiger partial charge in [0.2, 0.25) is 0 Å². The molecule has 1 saturated carbocycles. The van der Waals surface area contributed by atoms with Gasteiger partial charge in [-0.25, -0.2) is 0 Å². The fourth-order valence-electron chi connectivity index (χ4n) is 1.84. The summed E-state index contributed by atoms with van der Waals surface area (Å²) in [5, 5.41) is 16.1. The summed E-state index contributed by atoms with van der Waals surface area (Å²) < 4.78 is 0. The quantitative estimate of drug-likeness (QED) is 0.528. The number of hydrogen-bond donors (Lipinski definition) is 3. The van der Waals surface area contributed by atoms with Crippen molar-refractivity contribution in [3.05, 3.63) is 18.2 Å². The summed E-state index contributed by atoms with van der Waals surface area (Å²) in [6.07, 6.45) is 2.46. The number of phenols is 1. The largest absolute Gasteiger partial charge is 0.508 e. The van der Waals surface area contributed by atoms with Gasteiger partial charge in [0.25, 0.3) is 0 Å². The molecule has 1 heterocycles. The molecule has 3 heteroatoms. The van der Waals surface area contributed by atoms with Gasteiger partial charge in [-0.3, -0.25) is 0 Å². The monoisotopic (exact) mass is 176 g/mol. The van der Waals surface area contributed by atoms with Gasteiger partial charge in [-0.2, -0.15) is 0 Å². The van der Waals surface area contributed by atoms with E-state index in [1.54, 1.807) is 12.1 Å². The van der Waals surface area contributed by atoms with Crippen LogP contribution in [0.3, 0.4) is 0 Å². The van der Waals surface area contributed by atoms with E-state index in [1.165, 1.54) is 12.8 Å². The molecule has 0 aromatic heterocycles. The Hall–Kier alpha value is -1.38. The van der Waals surface area contributed by atoms with Crippen LogP contribution in [0, 0.1) is 0 Å². The van der Waals surface area contributed by atoms with Gasteiger partial charge in [0.15, 0.2) is 0 Å². The third-order valence-corrected chi connectivity index (χ3v) is 2.87. The average molecular weight is 176 g/mol. The molecule has 13 heavy (non-hydrogen) atoms.